The molecule has 1 aliphatic heterocycles. The number of anilines is 1. The van der Waals surface area contributed by atoms with Gasteiger partial charge in [-0.25, -0.2) is 4.98 Å². The molecule has 1 saturated heterocycles. The smallest absolute Gasteiger partial charge is 0.186 e. The van der Waals surface area contributed by atoms with Gasteiger partial charge in [0.1, 0.15) is 0 Å². The normalized spacial score (nSPS) is 26.3. The van der Waals surface area contributed by atoms with E-state index < -0.39 is 0 Å². The fourth-order valence-electron chi connectivity index (χ4n) is 3.00. The number of ether oxygens (including phenoxy) is 1. The first-order valence-corrected chi connectivity index (χ1v) is 7.96. The fourth-order valence-corrected chi connectivity index (χ4v) is 4.28. The van der Waals surface area contributed by atoms with E-state index in [1.54, 1.807) is 0 Å². The van der Waals surface area contributed by atoms with Gasteiger partial charge in [-0.1, -0.05) is 11.3 Å². The van der Waals surface area contributed by atoms with Gasteiger partial charge in [-0.15, -0.1) is 0 Å². The molecular formula is C14H23N3OS. The number of nitrogens with one attached hydrogen (secondary N) is 1. The van der Waals surface area contributed by atoms with E-state index in [1.807, 2.05) is 11.3 Å². The summed E-state index contributed by atoms with van der Waals surface area (Å²) < 4.78 is 5.78. The number of thiazole rings is 1. The number of hydrogen-bond acceptors (Lipinski definition) is 5. The summed E-state index contributed by atoms with van der Waals surface area (Å²) in [5.41, 5.74) is 1.25. The molecule has 1 aliphatic carbocycles. The lowest BCUT2D eigenvalue weighted by Gasteiger charge is -2.38. The van der Waals surface area contributed by atoms with Gasteiger partial charge < -0.3 is 15.0 Å². The Kier molecular flexibility index (Phi) is 3.53. The predicted octanol–water partition coefficient (Wildman–Crippen LogP) is 2.36. The average Bonchev–Trinajstić information content (AvgIpc) is 2.81. The third-order valence-electron chi connectivity index (χ3n) is 3.98. The predicted molar refractivity (Wildman–Crippen MR) is 79.1 cm³/mol. The lowest BCUT2D eigenvalue weighted by atomic mass is 9.98. The molecule has 0 saturated carbocycles. The topological polar surface area (TPSA) is 37.4 Å². The molecule has 1 atom stereocenters. The van der Waals surface area contributed by atoms with Gasteiger partial charge in [0.2, 0.25) is 0 Å². The quantitative estimate of drug-likeness (QED) is 0.903. The van der Waals surface area contributed by atoms with Crippen LogP contribution >= 0.6 is 11.3 Å². The standard InChI is InChI=1S/C14H23N3OS/c1-14(2)9-17(7-8-18-14)13-16-11-6-4-5-10(15-3)12(11)19-13/h10,15H,4-9H2,1-3H3. The number of morpholine rings is 1. The van der Waals surface area contributed by atoms with Crippen molar-refractivity contribution < 1.29 is 4.74 Å². The second-order valence-corrected chi connectivity index (χ2v) is 7.08. The minimum Gasteiger partial charge on any atom is -0.372 e. The van der Waals surface area contributed by atoms with Gasteiger partial charge >= 0.3 is 0 Å². The molecule has 1 aromatic heterocycles. The van der Waals surface area contributed by atoms with Crippen LogP contribution in [0.1, 0.15) is 43.3 Å². The average molecular weight is 281 g/mol. The molecular weight excluding hydrogens is 258 g/mol. The summed E-state index contributed by atoms with van der Waals surface area (Å²) in [7, 11) is 2.05. The molecule has 106 valence electrons. The van der Waals surface area contributed by atoms with Crippen LogP contribution in [0.4, 0.5) is 5.13 Å². The Hall–Kier alpha value is -0.650. The van der Waals surface area contributed by atoms with Crippen molar-refractivity contribution in [2.45, 2.75) is 44.8 Å². The molecule has 19 heavy (non-hydrogen) atoms. The van der Waals surface area contributed by atoms with Crippen LogP contribution in [0.5, 0.6) is 0 Å². The molecule has 0 aromatic carbocycles. The second-order valence-electron chi connectivity index (χ2n) is 6.07. The number of aromatic nitrogens is 1. The summed E-state index contributed by atoms with van der Waals surface area (Å²) in [4.78, 5) is 8.73. The van der Waals surface area contributed by atoms with Crippen LogP contribution in [0.2, 0.25) is 0 Å². The molecule has 0 radical (unpaired) electrons. The van der Waals surface area contributed by atoms with E-state index in [-0.39, 0.29) is 5.60 Å². The molecule has 0 spiro atoms. The maximum Gasteiger partial charge on any atom is 0.186 e. The lowest BCUT2D eigenvalue weighted by molar-refractivity contribution is -0.0277. The van der Waals surface area contributed by atoms with Crippen molar-refractivity contribution in [2.75, 3.05) is 31.6 Å². The Bertz CT molecular complexity index is 458. The molecule has 0 bridgehead atoms. The molecule has 3 rings (SSSR count). The molecule has 0 amide bonds. The Morgan fingerprint density at radius 2 is 2.32 bits per heavy atom. The summed E-state index contributed by atoms with van der Waals surface area (Å²) in [6, 6.07) is 0.504. The minimum atomic E-state index is -0.0627. The number of fused-ring (bicyclic) bond motifs is 1. The van der Waals surface area contributed by atoms with Crippen LogP contribution in [0.15, 0.2) is 0 Å². The van der Waals surface area contributed by atoms with E-state index in [4.69, 9.17) is 9.72 Å². The van der Waals surface area contributed by atoms with Gasteiger partial charge in [0.25, 0.3) is 0 Å². The Balaban J connectivity index is 1.84. The largest absolute Gasteiger partial charge is 0.372 e. The van der Waals surface area contributed by atoms with Crippen molar-refractivity contribution in [1.29, 1.82) is 0 Å². The van der Waals surface area contributed by atoms with Gasteiger partial charge in [-0.2, -0.15) is 0 Å². The van der Waals surface area contributed by atoms with Crippen LogP contribution < -0.4 is 10.2 Å². The first-order chi connectivity index (χ1) is 9.09. The van der Waals surface area contributed by atoms with Gasteiger partial charge in [-0.3, -0.25) is 0 Å². The zero-order valence-corrected chi connectivity index (χ0v) is 12.8. The molecule has 1 aromatic rings. The van der Waals surface area contributed by atoms with E-state index in [0.29, 0.717) is 6.04 Å². The van der Waals surface area contributed by atoms with Crippen LogP contribution in [-0.2, 0) is 11.2 Å². The molecule has 1 fully saturated rings. The summed E-state index contributed by atoms with van der Waals surface area (Å²) in [6.07, 6.45) is 3.62. The Labute approximate surface area is 119 Å². The summed E-state index contributed by atoms with van der Waals surface area (Å²) >= 11 is 1.87. The van der Waals surface area contributed by atoms with Gasteiger partial charge in [0.15, 0.2) is 5.13 Å². The van der Waals surface area contributed by atoms with Crippen molar-refractivity contribution in [1.82, 2.24) is 10.3 Å². The fraction of sp³-hybridized carbons (Fsp3) is 0.786. The summed E-state index contributed by atoms with van der Waals surface area (Å²) in [5, 5.41) is 4.60. The van der Waals surface area contributed by atoms with Crippen molar-refractivity contribution in [3.8, 4) is 0 Å². The first kappa shape index (κ1) is 13.3. The molecule has 2 aliphatic rings. The lowest BCUT2D eigenvalue weighted by Crippen LogP contribution is -2.48. The van der Waals surface area contributed by atoms with Crippen LogP contribution in [0, 0.1) is 0 Å². The van der Waals surface area contributed by atoms with Crippen LogP contribution in [0.25, 0.3) is 0 Å². The number of aryl methyl sites for hydroxylation is 1. The molecule has 1 unspecified atom stereocenters. The van der Waals surface area contributed by atoms with E-state index in [2.05, 4.69) is 31.1 Å². The highest BCUT2D eigenvalue weighted by molar-refractivity contribution is 7.15. The maximum absolute atomic E-state index is 5.78. The van der Waals surface area contributed by atoms with Crippen LogP contribution in [-0.4, -0.2) is 37.3 Å². The van der Waals surface area contributed by atoms with Gasteiger partial charge in [0.05, 0.1) is 17.9 Å². The Morgan fingerprint density at radius 3 is 3.05 bits per heavy atom. The maximum atomic E-state index is 5.78. The Morgan fingerprint density at radius 1 is 1.47 bits per heavy atom. The third-order valence-corrected chi connectivity index (χ3v) is 5.26. The summed E-state index contributed by atoms with van der Waals surface area (Å²) in [5.74, 6) is 0. The van der Waals surface area contributed by atoms with Crippen molar-refractivity contribution in [2.24, 2.45) is 0 Å². The van der Waals surface area contributed by atoms with E-state index in [9.17, 15) is 0 Å². The highest BCUT2D eigenvalue weighted by Gasteiger charge is 2.31. The zero-order valence-electron chi connectivity index (χ0n) is 12.0. The van der Waals surface area contributed by atoms with E-state index >= 15 is 0 Å². The van der Waals surface area contributed by atoms with Crippen molar-refractivity contribution >= 4 is 16.5 Å². The first-order valence-electron chi connectivity index (χ1n) is 7.15. The van der Waals surface area contributed by atoms with Crippen LogP contribution in [0.3, 0.4) is 0 Å². The number of rotatable bonds is 2. The van der Waals surface area contributed by atoms with Crippen molar-refractivity contribution in [3.63, 3.8) is 0 Å². The molecule has 2 heterocycles. The highest BCUT2D eigenvalue weighted by Crippen LogP contribution is 2.38. The minimum absolute atomic E-state index is 0.0627. The highest BCUT2D eigenvalue weighted by atomic mass is 32.1. The summed E-state index contributed by atoms with van der Waals surface area (Å²) in [6.45, 7) is 7.00. The van der Waals surface area contributed by atoms with Crippen molar-refractivity contribution in [3.05, 3.63) is 10.6 Å². The number of hydrogen-bond donors (Lipinski definition) is 1. The zero-order chi connectivity index (χ0) is 13.5. The van der Waals surface area contributed by atoms with Gasteiger partial charge in [-0.05, 0) is 40.2 Å². The van der Waals surface area contributed by atoms with E-state index in [1.165, 1.54) is 28.5 Å². The number of nitrogens with zero attached hydrogens (tertiary/aromatic N) is 2. The van der Waals surface area contributed by atoms with E-state index in [0.717, 1.165) is 26.1 Å². The SMILES string of the molecule is CNC1CCCc2nc(N3CCOC(C)(C)C3)sc21. The molecule has 1 N–H and O–H groups in total. The third kappa shape index (κ3) is 2.64. The second kappa shape index (κ2) is 5.04. The molecule has 4 nitrogen and oxygen atoms in total. The van der Waals surface area contributed by atoms with Gasteiger partial charge in [0, 0.05) is 24.0 Å². The molecule has 5 heteroatoms. The monoisotopic (exact) mass is 281 g/mol.